The van der Waals surface area contributed by atoms with Crippen molar-refractivity contribution in [3.05, 3.63) is 21.6 Å². The lowest BCUT2D eigenvalue weighted by atomic mass is 10.4. The summed E-state index contributed by atoms with van der Waals surface area (Å²) < 4.78 is 0. The average Bonchev–Trinajstić information content (AvgIpc) is 2.77. The molecular weight excluding hydrogens is 190 g/mol. The van der Waals surface area contributed by atoms with Gasteiger partial charge in [-0.05, 0) is 12.3 Å². The molecule has 0 spiro atoms. The van der Waals surface area contributed by atoms with Crippen LogP contribution in [0.3, 0.4) is 0 Å². The van der Waals surface area contributed by atoms with Crippen molar-refractivity contribution in [3.63, 3.8) is 0 Å². The molecule has 70 valence electrons. The lowest BCUT2D eigenvalue weighted by molar-refractivity contribution is 0.920. The van der Waals surface area contributed by atoms with Gasteiger partial charge in [0.25, 0.3) is 5.56 Å². The molecule has 2 rings (SSSR count). The fourth-order valence-corrected chi connectivity index (χ4v) is 1.35. The lowest BCUT2D eigenvalue weighted by Crippen LogP contribution is -2.13. The van der Waals surface area contributed by atoms with Crippen LogP contribution in [0.2, 0.25) is 5.02 Å². The summed E-state index contributed by atoms with van der Waals surface area (Å²) in [5.41, 5.74) is 0.278. The smallest absolute Gasteiger partial charge is 0.285 e. The van der Waals surface area contributed by atoms with Gasteiger partial charge in [-0.1, -0.05) is 18.5 Å². The highest BCUT2D eigenvalue weighted by Crippen LogP contribution is 2.33. The van der Waals surface area contributed by atoms with Crippen molar-refractivity contribution >= 4 is 17.3 Å². The Kier molecular flexibility index (Phi) is 2.00. The van der Waals surface area contributed by atoms with Crippen LogP contribution in [0.5, 0.6) is 0 Å². The van der Waals surface area contributed by atoms with E-state index in [9.17, 15) is 4.79 Å². The molecule has 2 N–H and O–H groups in total. The van der Waals surface area contributed by atoms with Gasteiger partial charge in [0.2, 0.25) is 0 Å². The number of anilines is 1. The van der Waals surface area contributed by atoms with Gasteiger partial charge in [-0.25, -0.2) is 5.10 Å². The number of hydrogen-bond acceptors (Lipinski definition) is 3. The summed E-state index contributed by atoms with van der Waals surface area (Å²) in [6.07, 6.45) is 2.66. The first-order chi connectivity index (χ1) is 6.18. The molecule has 1 heterocycles. The second kappa shape index (κ2) is 3.03. The van der Waals surface area contributed by atoms with Crippen LogP contribution in [-0.2, 0) is 0 Å². The summed E-state index contributed by atoms with van der Waals surface area (Å²) >= 11 is 5.77. The molecule has 1 aliphatic carbocycles. The molecular formula is C8H10ClN3O. The van der Waals surface area contributed by atoms with Crippen molar-refractivity contribution in [1.29, 1.82) is 0 Å². The summed E-state index contributed by atoms with van der Waals surface area (Å²) in [4.78, 5) is 11.0. The lowest BCUT2D eigenvalue weighted by Gasteiger charge is -2.04. The Morgan fingerprint density at radius 3 is 3.08 bits per heavy atom. The topological polar surface area (TPSA) is 57.8 Å². The van der Waals surface area contributed by atoms with E-state index in [0.717, 1.165) is 6.42 Å². The zero-order chi connectivity index (χ0) is 9.42. The van der Waals surface area contributed by atoms with E-state index in [2.05, 4.69) is 22.4 Å². The van der Waals surface area contributed by atoms with Crippen LogP contribution in [-0.4, -0.2) is 16.2 Å². The maximum Gasteiger partial charge on any atom is 0.285 e. The molecule has 13 heavy (non-hydrogen) atoms. The monoisotopic (exact) mass is 199 g/mol. The molecule has 0 radical (unpaired) electrons. The van der Waals surface area contributed by atoms with E-state index in [0.29, 0.717) is 17.6 Å². The minimum absolute atomic E-state index is 0.189. The molecule has 1 aromatic rings. The Morgan fingerprint density at radius 1 is 1.77 bits per heavy atom. The predicted octanol–water partition coefficient (Wildman–Crippen LogP) is 1.24. The van der Waals surface area contributed by atoms with E-state index >= 15 is 0 Å². The van der Waals surface area contributed by atoms with E-state index in [1.54, 1.807) is 0 Å². The highest BCUT2D eigenvalue weighted by atomic mass is 35.5. The number of hydrogen-bond donors (Lipinski definition) is 2. The predicted molar refractivity (Wildman–Crippen MR) is 51.1 cm³/mol. The minimum Gasteiger partial charge on any atom is -0.379 e. The number of H-pyrrole nitrogens is 1. The normalized spacial score (nSPS) is 25.7. The highest BCUT2D eigenvalue weighted by molar-refractivity contribution is 6.32. The van der Waals surface area contributed by atoms with E-state index < -0.39 is 0 Å². The maximum absolute atomic E-state index is 11.0. The molecule has 0 aliphatic heterocycles. The Balaban J connectivity index is 2.20. The third kappa shape index (κ3) is 1.67. The first kappa shape index (κ1) is 8.56. The van der Waals surface area contributed by atoms with Crippen LogP contribution < -0.4 is 10.9 Å². The number of aromatic nitrogens is 2. The Hall–Kier alpha value is -1.03. The van der Waals surface area contributed by atoms with Crippen molar-refractivity contribution in [2.75, 3.05) is 5.32 Å². The summed E-state index contributed by atoms with van der Waals surface area (Å²) in [5, 5.41) is 9.28. The number of nitrogens with zero attached hydrogens (tertiary/aromatic N) is 1. The van der Waals surface area contributed by atoms with Crippen LogP contribution in [0.1, 0.15) is 13.3 Å². The molecule has 2 unspecified atom stereocenters. The van der Waals surface area contributed by atoms with Gasteiger partial charge in [0, 0.05) is 6.04 Å². The summed E-state index contributed by atoms with van der Waals surface area (Å²) in [6.45, 7) is 2.15. The standard InChI is InChI=1S/C8H10ClN3O/c1-4-2-5(4)11-6-3-10-12-8(13)7(6)9/h3-5H,2H2,1H3,(H2,11,12,13). The van der Waals surface area contributed by atoms with Gasteiger partial charge >= 0.3 is 0 Å². The number of halogens is 1. The van der Waals surface area contributed by atoms with Gasteiger partial charge in [0.15, 0.2) is 0 Å². The van der Waals surface area contributed by atoms with E-state index in [-0.39, 0.29) is 10.6 Å². The van der Waals surface area contributed by atoms with Gasteiger partial charge in [-0.2, -0.15) is 5.10 Å². The molecule has 1 aliphatic rings. The van der Waals surface area contributed by atoms with Crippen molar-refractivity contribution in [1.82, 2.24) is 10.2 Å². The fraction of sp³-hybridized carbons (Fsp3) is 0.500. The van der Waals surface area contributed by atoms with Crippen molar-refractivity contribution in [2.45, 2.75) is 19.4 Å². The molecule has 2 atom stereocenters. The molecule has 5 heteroatoms. The fourth-order valence-electron chi connectivity index (χ4n) is 1.21. The van der Waals surface area contributed by atoms with Crippen molar-refractivity contribution < 1.29 is 0 Å². The zero-order valence-electron chi connectivity index (χ0n) is 7.17. The zero-order valence-corrected chi connectivity index (χ0v) is 7.93. The molecule has 0 saturated heterocycles. The molecule has 0 amide bonds. The molecule has 4 nitrogen and oxygen atoms in total. The van der Waals surface area contributed by atoms with E-state index in [1.807, 2.05) is 0 Å². The Morgan fingerprint density at radius 2 is 2.46 bits per heavy atom. The number of aromatic amines is 1. The van der Waals surface area contributed by atoms with Crippen LogP contribution >= 0.6 is 11.6 Å². The van der Waals surface area contributed by atoms with E-state index in [4.69, 9.17) is 11.6 Å². The highest BCUT2D eigenvalue weighted by Gasteiger charge is 2.32. The third-order valence-electron chi connectivity index (χ3n) is 2.25. The summed E-state index contributed by atoms with van der Waals surface area (Å²) in [6, 6.07) is 0.445. The van der Waals surface area contributed by atoms with Crippen molar-refractivity contribution in [3.8, 4) is 0 Å². The van der Waals surface area contributed by atoms with Gasteiger partial charge in [-0.15, -0.1) is 0 Å². The number of nitrogens with one attached hydrogen (secondary N) is 2. The van der Waals surface area contributed by atoms with Gasteiger partial charge in [0.1, 0.15) is 5.02 Å². The van der Waals surface area contributed by atoms with Crippen LogP contribution in [0.15, 0.2) is 11.0 Å². The third-order valence-corrected chi connectivity index (χ3v) is 2.62. The Labute approximate surface area is 80.3 Å². The second-order valence-electron chi connectivity index (χ2n) is 3.39. The maximum atomic E-state index is 11.0. The van der Waals surface area contributed by atoms with Gasteiger partial charge in [-0.3, -0.25) is 4.79 Å². The van der Waals surface area contributed by atoms with Gasteiger partial charge in [0.05, 0.1) is 11.9 Å². The first-order valence-electron chi connectivity index (χ1n) is 4.18. The largest absolute Gasteiger partial charge is 0.379 e. The van der Waals surface area contributed by atoms with Crippen molar-refractivity contribution in [2.24, 2.45) is 5.92 Å². The average molecular weight is 200 g/mol. The minimum atomic E-state index is -0.347. The number of rotatable bonds is 2. The molecule has 1 aromatic heterocycles. The quantitative estimate of drug-likeness (QED) is 0.754. The van der Waals surface area contributed by atoms with Gasteiger partial charge < -0.3 is 5.32 Å². The molecule has 0 bridgehead atoms. The molecule has 0 aromatic carbocycles. The first-order valence-corrected chi connectivity index (χ1v) is 4.56. The second-order valence-corrected chi connectivity index (χ2v) is 3.77. The summed E-state index contributed by atoms with van der Waals surface area (Å²) in [7, 11) is 0. The van der Waals surface area contributed by atoms with Crippen LogP contribution in [0, 0.1) is 5.92 Å². The van der Waals surface area contributed by atoms with Crippen LogP contribution in [0.25, 0.3) is 0 Å². The van der Waals surface area contributed by atoms with E-state index in [1.165, 1.54) is 6.20 Å². The molecule has 1 fully saturated rings. The SMILES string of the molecule is CC1CC1Nc1cn[nH]c(=O)c1Cl. The summed E-state index contributed by atoms with van der Waals surface area (Å²) in [5.74, 6) is 0.662. The molecule has 1 saturated carbocycles. The Bertz CT molecular complexity index is 376. The van der Waals surface area contributed by atoms with Crippen LogP contribution in [0.4, 0.5) is 5.69 Å².